The van der Waals surface area contributed by atoms with Gasteiger partial charge in [-0.1, -0.05) is 16.8 Å². The molecule has 3 rings (SSSR count). The van der Waals surface area contributed by atoms with Crippen LogP contribution < -0.4 is 5.32 Å². The average molecular weight is 253 g/mol. The summed E-state index contributed by atoms with van der Waals surface area (Å²) < 4.78 is 14.9. The second-order valence-corrected chi connectivity index (χ2v) is 4.43. The second kappa shape index (κ2) is 4.09. The zero-order valence-electron chi connectivity index (χ0n) is 8.90. The normalized spacial score (nSPS) is 15.9. The van der Waals surface area contributed by atoms with Gasteiger partial charge in [-0.3, -0.25) is 0 Å². The first-order chi connectivity index (χ1) is 8.24. The van der Waals surface area contributed by atoms with E-state index in [9.17, 15) is 4.39 Å². The van der Waals surface area contributed by atoms with E-state index in [0.717, 1.165) is 18.7 Å². The maximum atomic E-state index is 13.0. The van der Waals surface area contributed by atoms with Gasteiger partial charge in [0.25, 0.3) is 0 Å². The Labute approximate surface area is 102 Å². The van der Waals surface area contributed by atoms with Crippen molar-refractivity contribution in [2.45, 2.75) is 6.04 Å². The van der Waals surface area contributed by atoms with Gasteiger partial charge in [0.1, 0.15) is 11.5 Å². The predicted octanol–water partition coefficient (Wildman–Crippen LogP) is 1.88. The predicted molar refractivity (Wildman–Crippen MR) is 62.3 cm³/mol. The molecule has 0 saturated carbocycles. The molecule has 1 fully saturated rings. The van der Waals surface area contributed by atoms with Crippen LogP contribution in [-0.2, 0) is 0 Å². The fourth-order valence-electron chi connectivity index (χ4n) is 1.70. The minimum Gasteiger partial charge on any atom is -0.312 e. The van der Waals surface area contributed by atoms with Gasteiger partial charge in [-0.2, -0.15) is 0 Å². The lowest BCUT2D eigenvalue weighted by atomic mass is 10.1. The fourth-order valence-corrected chi connectivity index (χ4v) is 1.88. The van der Waals surface area contributed by atoms with E-state index in [0.29, 0.717) is 11.7 Å². The van der Waals surface area contributed by atoms with E-state index in [2.05, 4.69) is 15.6 Å². The first kappa shape index (κ1) is 10.7. The highest BCUT2D eigenvalue weighted by molar-refractivity contribution is 6.31. The van der Waals surface area contributed by atoms with Crippen LogP contribution in [0, 0.1) is 5.82 Å². The van der Waals surface area contributed by atoms with Crippen molar-refractivity contribution in [1.82, 2.24) is 20.3 Å². The van der Waals surface area contributed by atoms with E-state index in [1.807, 2.05) is 10.9 Å². The Kier molecular flexibility index (Phi) is 2.57. The van der Waals surface area contributed by atoms with E-state index >= 15 is 0 Å². The van der Waals surface area contributed by atoms with Crippen molar-refractivity contribution < 1.29 is 4.39 Å². The van der Waals surface area contributed by atoms with Gasteiger partial charge in [-0.05, 0) is 18.2 Å². The van der Waals surface area contributed by atoms with Gasteiger partial charge >= 0.3 is 0 Å². The number of hydrogen-bond acceptors (Lipinski definition) is 3. The summed E-state index contributed by atoms with van der Waals surface area (Å²) in [5, 5.41) is 11.4. The van der Waals surface area contributed by atoms with Crippen LogP contribution >= 0.6 is 11.6 Å². The maximum Gasteiger partial charge on any atom is 0.141 e. The van der Waals surface area contributed by atoms with E-state index in [-0.39, 0.29) is 5.02 Å². The lowest BCUT2D eigenvalue weighted by Crippen LogP contribution is -2.43. The van der Waals surface area contributed by atoms with Gasteiger partial charge in [0.15, 0.2) is 0 Å². The molecule has 4 nitrogen and oxygen atoms in total. The van der Waals surface area contributed by atoms with E-state index < -0.39 is 5.82 Å². The molecule has 6 heteroatoms. The molecule has 1 N–H and O–H groups in total. The molecule has 1 aliphatic heterocycles. The van der Waals surface area contributed by atoms with Gasteiger partial charge in [0.2, 0.25) is 0 Å². The van der Waals surface area contributed by atoms with Gasteiger partial charge in [-0.25, -0.2) is 9.07 Å². The number of nitrogens with one attached hydrogen (secondary N) is 1. The number of nitrogens with zero attached hydrogens (tertiary/aromatic N) is 3. The molecule has 1 aromatic heterocycles. The summed E-state index contributed by atoms with van der Waals surface area (Å²) in [5.74, 6) is -0.425. The molecule has 0 unspecified atom stereocenters. The van der Waals surface area contributed by atoms with Crippen LogP contribution in [0.15, 0.2) is 24.4 Å². The third kappa shape index (κ3) is 1.92. The average Bonchev–Trinajstić information content (AvgIpc) is 2.69. The van der Waals surface area contributed by atoms with Crippen LogP contribution in [-0.4, -0.2) is 28.1 Å². The molecular weight excluding hydrogens is 243 g/mol. The van der Waals surface area contributed by atoms with E-state index in [1.54, 1.807) is 12.1 Å². The highest BCUT2D eigenvalue weighted by atomic mass is 35.5. The van der Waals surface area contributed by atoms with E-state index in [4.69, 9.17) is 11.6 Å². The zero-order chi connectivity index (χ0) is 11.8. The highest BCUT2D eigenvalue weighted by Gasteiger charge is 2.20. The summed E-state index contributed by atoms with van der Waals surface area (Å²) in [7, 11) is 0. The minimum atomic E-state index is -0.425. The molecule has 0 bridgehead atoms. The van der Waals surface area contributed by atoms with Gasteiger partial charge < -0.3 is 5.32 Å². The zero-order valence-corrected chi connectivity index (χ0v) is 9.65. The SMILES string of the molecule is Fc1ccc(-c2cn(C3CNC3)nn2)cc1Cl. The summed E-state index contributed by atoms with van der Waals surface area (Å²) in [6, 6.07) is 4.91. The van der Waals surface area contributed by atoms with Crippen LogP contribution in [0.4, 0.5) is 4.39 Å². The van der Waals surface area contributed by atoms with Crippen molar-refractivity contribution in [3.05, 3.63) is 35.2 Å². The molecule has 1 saturated heterocycles. The van der Waals surface area contributed by atoms with E-state index in [1.165, 1.54) is 6.07 Å². The van der Waals surface area contributed by atoms with Crippen LogP contribution in [0.1, 0.15) is 6.04 Å². The Morgan fingerprint density at radius 3 is 2.88 bits per heavy atom. The standard InChI is InChI=1S/C11H10ClFN4/c12-9-3-7(1-2-10(9)13)11-6-17(16-15-11)8-4-14-5-8/h1-3,6,8,14H,4-5H2. The third-order valence-corrected chi connectivity index (χ3v) is 3.15. The Morgan fingerprint density at radius 1 is 1.41 bits per heavy atom. The van der Waals surface area contributed by atoms with Gasteiger partial charge in [0.05, 0.1) is 17.3 Å². The fraction of sp³-hybridized carbons (Fsp3) is 0.273. The summed E-state index contributed by atoms with van der Waals surface area (Å²) in [6.45, 7) is 1.82. The van der Waals surface area contributed by atoms with Crippen molar-refractivity contribution >= 4 is 11.6 Å². The molecule has 1 aromatic carbocycles. The van der Waals surface area contributed by atoms with Gasteiger partial charge in [-0.15, -0.1) is 5.10 Å². The monoisotopic (exact) mass is 252 g/mol. The Bertz CT molecular complexity index is 550. The number of benzene rings is 1. The molecule has 0 aliphatic carbocycles. The topological polar surface area (TPSA) is 42.7 Å². The molecule has 17 heavy (non-hydrogen) atoms. The van der Waals surface area contributed by atoms with Crippen LogP contribution in [0.25, 0.3) is 11.3 Å². The highest BCUT2D eigenvalue weighted by Crippen LogP contribution is 2.24. The Morgan fingerprint density at radius 2 is 2.24 bits per heavy atom. The van der Waals surface area contributed by atoms with Crippen LogP contribution in [0.2, 0.25) is 5.02 Å². The van der Waals surface area contributed by atoms with Crippen molar-refractivity contribution in [3.8, 4) is 11.3 Å². The lowest BCUT2D eigenvalue weighted by Gasteiger charge is -2.26. The Balaban J connectivity index is 1.92. The summed E-state index contributed by atoms with van der Waals surface area (Å²) in [4.78, 5) is 0. The largest absolute Gasteiger partial charge is 0.312 e. The van der Waals surface area contributed by atoms with Crippen LogP contribution in [0.3, 0.4) is 0 Å². The maximum absolute atomic E-state index is 13.0. The first-order valence-corrected chi connectivity index (χ1v) is 5.70. The molecule has 88 valence electrons. The number of aromatic nitrogens is 3. The third-order valence-electron chi connectivity index (χ3n) is 2.86. The number of halogens is 2. The molecule has 0 amide bonds. The first-order valence-electron chi connectivity index (χ1n) is 5.32. The van der Waals surface area contributed by atoms with Crippen LogP contribution in [0.5, 0.6) is 0 Å². The molecule has 2 aromatic rings. The van der Waals surface area contributed by atoms with Crippen molar-refractivity contribution in [1.29, 1.82) is 0 Å². The molecular formula is C11H10ClFN4. The van der Waals surface area contributed by atoms with Crippen molar-refractivity contribution in [2.24, 2.45) is 0 Å². The quantitative estimate of drug-likeness (QED) is 0.888. The Hall–Kier alpha value is -1.46. The molecule has 0 spiro atoms. The van der Waals surface area contributed by atoms with Gasteiger partial charge in [0, 0.05) is 18.7 Å². The summed E-state index contributed by atoms with van der Waals surface area (Å²) in [6.07, 6.45) is 1.86. The minimum absolute atomic E-state index is 0.0994. The van der Waals surface area contributed by atoms with Crippen molar-refractivity contribution in [2.75, 3.05) is 13.1 Å². The second-order valence-electron chi connectivity index (χ2n) is 4.02. The summed E-state index contributed by atoms with van der Waals surface area (Å²) in [5.41, 5.74) is 1.48. The number of hydrogen-bond donors (Lipinski definition) is 1. The summed E-state index contributed by atoms with van der Waals surface area (Å²) >= 11 is 5.73. The molecule has 0 radical (unpaired) electrons. The number of rotatable bonds is 2. The van der Waals surface area contributed by atoms with Crippen molar-refractivity contribution in [3.63, 3.8) is 0 Å². The lowest BCUT2D eigenvalue weighted by molar-refractivity contribution is 0.313. The smallest absolute Gasteiger partial charge is 0.141 e. The molecule has 2 heterocycles. The molecule has 0 atom stereocenters. The molecule has 1 aliphatic rings.